The van der Waals surface area contributed by atoms with Gasteiger partial charge in [0.25, 0.3) is 5.91 Å². The molecule has 166 valence electrons. The van der Waals surface area contributed by atoms with Crippen molar-refractivity contribution in [3.05, 3.63) is 108 Å². The minimum atomic E-state index is -0.183. The summed E-state index contributed by atoms with van der Waals surface area (Å²) in [5.74, 6) is -0.210. The third kappa shape index (κ3) is 4.56. The van der Waals surface area contributed by atoms with Crippen molar-refractivity contribution in [2.24, 2.45) is 0 Å². The third-order valence-electron chi connectivity index (χ3n) is 6.02. The summed E-state index contributed by atoms with van der Waals surface area (Å²) in [7, 11) is 0. The van der Waals surface area contributed by atoms with Crippen LogP contribution in [0.5, 0.6) is 0 Å². The Labute approximate surface area is 192 Å². The molecule has 1 aliphatic rings. The minimum absolute atomic E-state index is 0.0263. The van der Waals surface area contributed by atoms with Crippen LogP contribution in [0, 0.1) is 5.82 Å². The van der Waals surface area contributed by atoms with E-state index in [2.05, 4.69) is 4.90 Å². The molecule has 0 spiro atoms. The highest BCUT2D eigenvalue weighted by atomic mass is 19.1. The molecule has 2 heterocycles. The highest BCUT2D eigenvalue weighted by molar-refractivity contribution is 6.00. The molecule has 6 heteroatoms. The van der Waals surface area contributed by atoms with Crippen LogP contribution in [0.2, 0.25) is 0 Å². The Balaban J connectivity index is 1.36. The lowest BCUT2D eigenvalue weighted by atomic mass is 10.1. The molecule has 0 atom stereocenters. The number of amides is 1. The molecular formula is C27H25FN4O. The molecule has 1 amide bonds. The molecule has 0 N–H and O–H groups in total. The monoisotopic (exact) mass is 440 g/mol. The summed E-state index contributed by atoms with van der Waals surface area (Å²) in [4.78, 5) is 17.6. The molecular weight excluding hydrogens is 415 g/mol. The Hall–Kier alpha value is -3.77. The van der Waals surface area contributed by atoms with Crippen molar-refractivity contribution in [2.45, 2.75) is 6.54 Å². The van der Waals surface area contributed by atoms with Crippen molar-refractivity contribution in [1.29, 1.82) is 0 Å². The van der Waals surface area contributed by atoms with Gasteiger partial charge in [-0.1, -0.05) is 66.7 Å². The first-order valence-corrected chi connectivity index (χ1v) is 11.1. The summed E-state index contributed by atoms with van der Waals surface area (Å²) in [6.07, 6.45) is 1.83. The third-order valence-corrected chi connectivity index (χ3v) is 6.02. The maximum absolute atomic E-state index is 14.0. The van der Waals surface area contributed by atoms with Gasteiger partial charge in [-0.05, 0) is 18.2 Å². The second kappa shape index (κ2) is 9.38. The van der Waals surface area contributed by atoms with E-state index in [9.17, 15) is 9.18 Å². The van der Waals surface area contributed by atoms with Gasteiger partial charge in [0.1, 0.15) is 11.5 Å². The molecule has 1 aromatic heterocycles. The van der Waals surface area contributed by atoms with Gasteiger partial charge in [0.2, 0.25) is 0 Å². The first-order valence-electron chi connectivity index (χ1n) is 11.1. The maximum Gasteiger partial charge on any atom is 0.257 e. The van der Waals surface area contributed by atoms with Crippen LogP contribution in [-0.4, -0.2) is 51.7 Å². The predicted molar refractivity (Wildman–Crippen MR) is 127 cm³/mol. The zero-order chi connectivity index (χ0) is 22.6. The van der Waals surface area contributed by atoms with Crippen molar-refractivity contribution in [2.75, 3.05) is 26.2 Å². The summed E-state index contributed by atoms with van der Waals surface area (Å²) in [6.45, 7) is 3.15. The van der Waals surface area contributed by atoms with Crippen molar-refractivity contribution in [3.8, 4) is 16.9 Å². The molecule has 0 aliphatic carbocycles. The molecule has 0 unspecified atom stereocenters. The summed E-state index contributed by atoms with van der Waals surface area (Å²) < 4.78 is 15.8. The Morgan fingerprint density at radius 3 is 2.15 bits per heavy atom. The predicted octanol–water partition coefficient (Wildman–Crippen LogP) is 4.64. The lowest BCUT2D eigenvalue weighted by molar-refractivity contribution is 0.0627. The van der Waals surface area contributed by atoms with Crippen LogP contribution in [0.4, 0.5) is 4.39 Å². The molecule has 1 fully saturated rings. The molecule has 5 nitrogen and oxygen atoms in total. The fourth-order valence-electron chi connectivity index (χ4n) is 4.20. The molecule has 5 rings (SSSR count). The van der Waals surface area contributed by atoms with E-state index in [1.807, 2.05) is 83.9 Å². The van der Waals surface area contributed by atoms with Crippen LogP contribution in [-0.2, 0) is 6.54 Å². The number of para-hydroxylation sites is 1. The van der Waals surface area contributed by atoms with Gasteiger partial charge in [0, 0.05) is 50.0 Å². The van der Waals surface area contributed by atoms with Gasteiger partial charge in [-0.15, -0.1) is 0 Å². The van der Waals surface area contributed by atoms with E-state index in [-0.39, 0.29) is 11.7 Å². The van der Waals surface area contributed by atoms with Crippen molar-refractivity contribution < 1.29 is 9.18 Å². The standard InChI is InChI=1S/C27H25FN4O/c28-25-14-8-7-11-22(25)19-30-15-17-31(18-16-30)27(33)24-20-32(23-12-5-2-6-13-23)29-26(24)21-9-3-1-4-10-21/h1-14,20H,15-19H2. The van der Waals surface area contributed by atoms with Gasteiger partial charge in [-0.3, -0.25) is 9.69 Å². The van der Waals surface area contributed by atoms with Gasteiger partial charge in [0.15, 0.2) is 0 Å². The highest BCUT2D eigenvalue weighted by Crippen LogP contribution is 2.25. The number of benzene rings is 3. The number of carbonyl (C=O) groups excluding carboxylic acids is 1. The largest absolute Gasteiger partial charge is 0.336 e. The zero-order valence-electron chi connectivity index (χ0n) is 18.3. The van der Waals surface area contributed by atoms with E-state index in [1.165, 1.54) is 6.07 Å². The fourth-order valence-corrected chi connectivity index (χ4v) is 4.20. The van der Waals surface area contributed by atoms with Gasteiger partial charge >= 0.3 is 0 Å². The molecule has 1 saturated heterocycles. The number of piperazine rings is 1. The number of aromatic nitrogens is 2. The highest BCUT2D eigenvalue weighted by Gasteiger charge is 2.27. The van der Waals surface area contributed by atoms with Gasteiger partial charge < -0.3 is 4.90 Å². The Bertz CT molecular complexity index is 1230. The van der Waals surface area contributed by atoms with Crippen LogP contribution in [0.15, 0.2) is 91.1 Å². The number of nitrogens with zero attached hydrogens (tertiary/aromatic N) is 4. The molecule has 1 aliphatic heterocycles. The number of halogens is 1. The summed E-state index contributed by atoms with van der Waals surface area (Å²) in [5, 5.41) is 4.76. The summed E-state index contributed by atoms with van der Waals surface area (Å²) >= 11 is 0. The van der Waals surface area contributed by atoms with Crippen LogP contribution >= 0.6 is 0 Å². The van der Waals surface area contributed by atoms with Crippen LogP contribution in [0.3, 0.4) is 0 Å². The van der Waals surface area contributed by atoms with E-state index in [1.54, 1.807) is 10.7 Å². The molecule has 4 aromatic rings. The average Bonchev–Trinajstić information content (AvgIpc) is 3.32. The number of carbonyl (C=O) groups is 1. The van der Waals surface area contributed by atoms with Crippen molar-refractivity contribution in [3.63, 3.8) is 0 Å². The number of hydrogen-bond acceptors (Lipinski definition) is 3. The fraction of sp³-hybridized carbons (Fsp3) is 0.185. The second-order valence-electron chi connectivity index (χ2n) is 8.20. The molecule has 3 aromatic carbocycles. The molecule has 0 saturated carbocycles. The summed E-state index contributed by atoms with van der Waals surface area (Å²) in [6, 6.07) is 26.5. The van der Waals surface area contributed by atoms with E-state index in [4.69, 9.17) is 5.10 Å². The average molecular weight is 441 g/mol. The zero-order valence-corrected chi connectivity index (χ0v) is 18.3. The van der Waals surface area contributed by atoms with Gasteiger partial charge in [-0.25, -0.2) is 9.07 Å². The second-order valence-corrected chi connectivity index (χ2v) is 8.20. The molecule has 33 heavy (non-hydrogen) atoms. The first kappa shape index (κ1) is 21.1. The van der Waals surface area contributed by atoms with Gasteiger partial charge in [0.05, 0.1) is 11.3 Å². The van der Waals surface area contributed by atoms with Crippen LogP contribution in [0.25, 0.3) is 16.9 Å². The Morgan fingerprint density at radius 1 is 0.818 bits per heavy atom. The maximum atomic E-state index is 14.0. The minimum Gasteiger partial charge on any atom is -0.336 e. The Kier molecular flexibility index (Phi) is 6.00. The normalized spacial score (nSPS) is 14.4. The SMILES string of the molecule is O=C(c1cn(-c2ccccc2)nc1-c1ccccc1)N1CCN(Cc2ccccc2F)CC1. The Morgan fingerprint density at radius 2 is 1.45 bits per heavy atom. The topological polar surface area (TPSA) is 41.4 Å². The van der Waals surface area contributed by atoms with Crippen molar-refractivity contribution in [1.82, 2.24) is 19.6 Å². The number of hydrogen-bond donors (Lipinski definition) is 0. The number of rotatable bonds is 5. The van der Waals surface area contributed by atoms with Crippen molar-refractivity contribution >= 4 is 5.91 Å². The van der Waals surface area contributed by atoms with E-state index in [0.29, 0.717) is 49.5 Å². The van der Waals surface area contributed by atoms with E-state index in [0.717, 1.165) is 11.3 Å². The molecule has 0 bridgehead atoms. The smallest absolute Gasteiger partial charge is 0.257 e. The van der Waals surface area contributed by atoms with Crippen LogP contribution in [0.1, 0.15) is 15.9 Å². The lowest BCUT2D eigenvalue weighted by Crippen LogP contribution is -2.48. The summed E-state index contributed by atoms with van der Waals surface area (Å²) in [5.41, 5.74) is 3.77. The quantitative estimate of drug-likeness (QED) is 0.454. The van der Waals surface area contributed by atoms with Gasteiger partial charge in [-0.2, -0.15) is 5.10 Å². The molecule has 0 radical (unpaired) electrons. The lowest BCUT2D eigenvalue weighted by Gasteiger charge is -2.34. The first-order chi connectivity index (χ1) is 16.2. The van der Waals surface area contributed by atoms with E-state index >= 15 is 0 Å². The van der Waals surface area contributed by atoms with E-state index < -0.39 is 0 Å². The van der Waals surface area contributed by atoms with Crippen LogP contribution < -0.4 is 0 Å².